The van der Waals surface area contributed by atoms with Gasteiger partial charge in [-0.1, -0.05) is 12.2 Å². The van der Waals surface area contributed by atoms with Gasteiger partial charge in [-0.3, -0.25) is 0 Å². The molecule has 3 rings (SSSR count). The average molecular weight is 289 g/mol. The van der Waals surface area contributed by atoms with Gasteiger partial charge in [-0.25, -0.2) is 4.98 Å². The van der Waals surface area contributed by atoms with Gasteiger partial charge in [0.2, 0.25) is 0 Å². The third-order valence-corrected chi connectivity index (χ3v) is 4.65. The summed E-state index contributed by atoms with van der Waals surface area (Å²) in [5.41, 5.74) is 7.80. The van der Waals surface area contributed by atoms with E-state index in [4.69, 9.17) is 18.0 Å². The highest BCUT2D eigenvalue weighted by Crippen LogP contribution is 2.35. The third kappa shape index (κ3) is 2.62. The van der Waals surface area contributed by atoms with Crippen LogP contribution in [0.5, 0.6) is 0 Å². The number of anilines is 1. The Labute approximate surface area is 121 Å². The number of nitrogens with one attached hydrogen (secondary N) is 1. The lowest BCUT2D eigenvalue weighted by Gasteiger charge is -2.24. The number of hydrogen-bond donors (Lipinski definition) is 2. The molecule has 1 aliphatic rings. The Kier molecular flexibility index (Phi) is 3.48. The van der Waals surface area contributed by atoms with Crippen LogP contribution in [-0.4, -0.2) is 9.97 Å². The largest absolute Gasteiger partial charge is 0.389 e. The Morgan fingerprint density at radius 1 is 1.42 bits per heavy atom. The molecule has 0 amide bonds. The zero-order chi connectivity index (χ0) is 13.2. The Hall–Kier alpha value is -1.46. The number of nitrogens with two attached hydrogens (primary N) is 1. The summed E-state index contributed by atoms with van der Waals surface area (Å²) in [6.45, 7) is 0. The lowest BCUT2D eigenvalue weighted by Crippen LogP contribution is -2.16. The second-order valence-electron chi connectivity index (χ2n) is 4.68. The molecule has 1 atom stereocenters. The van der Waals surface area contributed by atoms with Crippen LogP contribution in [0.15, 0.2) is 29.8 Å². The first-order chi connectivity index (χ1) is 9.24. The fourth-order valence-corrected chi connectivity index (χ4v) is 3.55. The number of thiocarbonyl (C=S) groups is 1. The monoisotopic (exact) mass is 289 g/mol. The highest BCUT2D eigenvalue weighted by Gasteiger charge is 2.21. The summed E-state index contributed by atoms with van der Waals surface area (Å²) in [5, 5.41) is 5.68. The first kappa shape index (κ1) is 12.6. The predicted octanol–water partition coefficient (Wildman–Crippen LogP) is 3.27. The molecule has 1 unspecified atom stereocenters. The summed E-state index contributed by atoms with van der Waals surface area (Å²) >= 11 is 6.78. The van der Waals surface area contributed by atoms with Crippen molar-refractivity contribution in [2.24, 2.45) is 5.73 Å². The van der Waals surface area contributed by atoms with Crippen LogP contribution in [0.2, 0.25) is 0 Å². The van der Waals surface area contributed by atoms with Gasteiger partial charge in [-0.2, -0.15) is 0 Å². The van der Waals surface area contributed by atoms with Gasteiger partial charge in [-0.15, -0.1) is 11.3 Å². The molecule has 0 fully saturated rings. The molecule has 0 aliphatic heterocycles. The van der Waals surface area contributed by atoms with Gasteiger partial charge in [-0.05, 0) is 48.4 Å². The minimum atomic E-state index is 0.373. The highest BCUT2D eigenvalue weighted by atomic mass is 32.1. The quantitative estimate of drug-likeness (QED) is 0.852. The van der Waals surface area contributed by atoms with Gasteiger partial charge in [0.05, 0.1) is 6.04 Å². The van der Waals surface area contributed by atoms with E-state index < -0.39 is 0 Å². The zero-order valence-electron chi connectivity index (χ0n) is 10.4. The van der Waals surface area contributed by atoms with Crippen molar-refractivity contribution in [1.29, 1.82) is 0 Å². The molecule has 5 heteroatoms. The van der Waals surface area contributed by atoms with Crippen molar-refractivity contribution in [2.45, 2.75) is 25.3 Å². The van der Waals surface area contributed by atoms with E-state index in [9.17, 15) is 0 Å². The molecular formula is C14H15N3S2. The van der Waals surface area contributed by atoms with Crippen molar-refractivity contribution in [2.75, 3.05) is 5.32 Å². The number of pyridine rings is 1. The number of hydrogen-bond acceptors (Lipinski definition) is 4. The van der Waals surface area contributed by atoms with E-state index in [0.717, 1.165) is 17.8 Å². The molecule has 3 nitrogen and oxygen atoms in total. The minimum Gasteiger partial charge on any atom is -0.389 e. The Morgan fingerprint density at radius 2 is 2.32 bits per heavy atom. The second-order valence-corrected chi connectivity index (χ2v) is 6.13. The van der Waals surface area contributed by atoms with E-state index >= 15 is 0 Å². The molecule has 98 valence electrons. The van der Waals surface area contributed by atoms with E-state index in [1.165, 1.54) is 23.3 Å². The van der Waals surface area contributed by atoms with E-state index in [1.807, 2.05) is 23.5 Å². The maximum Gasteiger partial charge on any atom is 0.126 e. The Balaban J connectivity index is 1.78. The van der Waals surface area contributed by atoms with Gasteiger partial charge < -0.3 is 11.1 Å². The number of fused-ring (bicyclic) bond motifs is 1. The third-order valence-electron chi connectivity index (χ3n) is 3.42. The summed E-state index contributed by atoms with van der Waals surface area (Å²) in [7, 11) is 0. The van der Waals surface area contributed by atoms with Crippen LogP contribution in [0.3, 0.4) is 0 Å². The fraction of sp³-hybridized carbons (Fsp3) is 0.286. The van der Waals surface area contributed by atoms with Gasteiger partial charge in [0.1, 0.15) is 10.8 Å². The van der Waals surface area contributed by atoms with Gasteiger partial charge in [0, 0.05) is 16.6 Å². The highest BCUT2D eigenvalue weighted by molar-refractivity contribution is 7.80. The topological polar surface area (TPSA) is 50.9 Å². The molecule has 2 aromatic heterocycles. The van der Waals surface area contributed by atoms with Gasteiger partial charge in [0.25, 0.3) is 0 Å². The number of thiophene rings is 1. The van der Waals surface area contributed by atoms with Crippen molar-refractivity contribution in [1.82, 2.24) is 4.98 Å². The SMILES string of the molecule is NC(=S)c1ccc(NC2CCCc3sccc32)nc1. The Bertz CT molecular complexity index is 589. The standard InChI is InChI=1S/C14H15N3S2/c15-14(18)9-4-5-13(16-8-9)17-11-2-1-3-12-10(11)6-7-19-12/h4-8,11H,1-3H2,(H2,15,18)(H,16,17). The molecule has 0 saturated carbocycles. The first-order valence-corrected chi connectivity index (χ1v) is 7.61. The summed E-state index contributed by atoms with van der Waals surface area (Å²) in [6, 6.07) is 6.45. The number of aryl methyl sites for hydroxylation is 1. The first-order valence-electron chi connectivity index (χ1n) is 6.32. The van der Waals surface area contributed by atoms with E-state index in [-0.39, 0.29) is 0 Å². The fourth-order valence-electron chi connectivity index (χ4n) is 2.44. The maximum atomic E-state index is 5.57. The summed E-state index contributed by atoms with van der Waals surface area (Å²) < 4.78 is 0. The molecule has 0 bridgehead atoms. The van der Waals surface area contributed by atoms with Crippen molar-refractivity contribution < 1.29 is 0 Å². The van der Waals surface area contributed by atoms with Gasteiger partial charge >= 0.3 is 0 Å². The van der Waals surface area contributed by atoms with E-state index in [0.29, 0.717) is 11.0 Å². The van der Waals surface area contributed by atoms with Crippen molar-refractivity contribution in [3.05, 3.63) is 45.8 Å². The summed E-state index contributed by atoms with van der Waals surface area (Å²) in [5.74, 6) is 0.879. The van der Waals surface area contributed by atoms with Gasteiger partial charge in [0.15, 0.2) is 0 Å². The maximum absolute atomic E-state index is 5.57. The zero-order valence-corrected chi connectivity index (χ0v) is 12.1. The van der Waals surface area contributed by atoms with E-state index in [2.05, 4.69) is 21.7 Å². The molecular weight excluding hydrogens is 274 g/mol. The number of rotatable bonds is 3. The number of nitrogens with zero attached hydrogens (tertiary/aromatic N) is 1. The van der Waals surface area contributed by atoms with Crippen LogP contribution in [0.4, 0.5) is 5.82 Å². The average Bonchev–Trinajstić information content (AvgIpc) is 2.89. The molecule has 0 saturated heterocycles. The van der Waals surface area contributed by atoms with Crippen molar-refractivity contribution in [3.63, 3.8) is 0 Å². The molecule has 0 spiro atoms. The molecule has 1 aliphatic carbocycles. The van der Waals surface area contributed by atoms with Crippen LogP contribution >= 0.6 is 23.6 Å². The minimum absolute atomic E-state index is 0.373. The molecule has 0 radical (unpaired) electrons. The lowest BCUT2D eigenvalue weighted by molar-refractivity contribution is 0.607. The van der Waals surface area contributed by atoms with Crippen LogP contribution in [0.1, 0.15) is 34.9 Å². The van der Waals surface area contributed by atoms with Crippen molar-refractivity contribution in [3.8, 4) is 0 Å². The number of aromatic nitrogens is 1. The predicted molar refractivity (Wildman–Crippen MR) is 83.7 cm³/mol. The lowest BCUT2D eigenvalue weighted by atomic mass is 9.94. The molecule has 2 heterocycles. The normalized spacial score (nSPS) is 17.8. The molecule has 2 aromatic rings. The van der Waals surface area contributed by atoms with E-state index in [1.54, 1.807) is 6.20 Å². The van der Waals surface area contributed by atoms with Crippen molar-refractivity contribution >= 4 is 34.4 Å². The molecule has 19 heavy (non-hydrogen) atoms. The van der Waals surface area contributed by atoms with Crippen LogP contribution in [-0.2, 0) is 6.42 Å². The second kappa shape index (κ2) is 5.27. The van der Waals surface area contributed by atoms with Crippen LogP contribution < -0.4 is 11.1 Å². The smallest absolute Gasteiger partial charge is 0.126 e. The Morgan fingerprint density at radius 3 is 3.05 bits per heavy atom. The van der Waals surface area contributed by atoms with Crippen LogP contribution in [0.25, 0.3) is 0 Å². The summed E-state index contributed by atoms with van der Waals surface area (Å²) in [6.07, 6.45) is 5.32. The summed E-state index contributed by atoms with van der Waals surface area (Å²) in [4.78, 5) is 6.27. The van der Waals surface area contributed by atoms with Crippen LogP contribution in [0, 0.1) is 0 Å². The molecule has 0 aromatic carbocycles. The molecule has 3 N–H and O–H groups in total.